The number of H-pyrrole nitrogens is 1. The molecule has 316 valence electrons. The average Bonchev–Trinajstić information content (AvgIpc) is 4.23. The van der Waals surface area contributed by atoms with Crippen LogP contribution in [0.2, 0.25) is 10.0 Å². The highest BCUT2D eigenvalue weighted by atomic mass is 79.9. The van der Waals surface area contributed by atoms with Crippen LogP contribution in [0.1, 0.15) is 71.7 Å². The number of halogens is 3. The van der Waals surface area contributed by atoms with Gasteiger partial charge in [-0.3, -0.25) is 19.7 Å². The standard InChI is InChI=1S/C22H22ClN5O2.C18H17BrClN3O2.C4H6N2/c1-13-11-28(12-24-13)18-10-9-17(25-22(18)29-2)21-26-19(14-5-7-16(23)8-6-14)20(30-27-21)15-3-4-15;1-24-18-13(19)8-9-14(21-18)17-22-15(10-4-6-12(20)7-5-10)16(25-23-17)11-2-3-11;1-4-2-5-3-6-4/h5-12,15,19-20H,3-4H2,1-2H3,(H,26,27);4-9,11,15-16H,2-3H2,1H3,(H,22,23);2-3H,1H3,(H,5,6)/t19-,20+;15-,16+;/m00./s1. The molecule has 17 heteroatoms. The fraction of sp³-hybridized carbons (Fsp3) is 0.318. The Bertz CT molecular complexity index is 2480. The number of aromatic nitrogens is 6. The number of hydrogen-bond donors (Lipinski definition) is 3. The third-order valence-corrected chi connectivity index (χ3v) is 11.6. The Kier molecular flexibility index (Phi) is 13.3. The molecule has 6 heterocycles. The molecule has 6 aromatic rings. The minimum absolute atomic E-state index is 0.00924. The van der Waals surface area contributed by atoms with Crippen molar-refractivity contribution in [2.75, 3.05) is 14.2 Å². The van der Waals surface area contributed by atoms with Crippen LogP contribution < -0.4 is 20.4 Å². The third-order valence-electron chi connectivity index (χ3n) is 10.5. The van der Waals surface area contributed by atoms with E-state index < -0.39 is 0 Å². The van der Waals surface area contributed by atoms with Gasteiger partial charge >= 0.3 is 0 Å². The summed E-state index contributed by atoms with van der Waals surface area (Å²) in [6.45, 7) is 3.91. The first-order valence-corrected chi connectivity index (χ1v) is 21.4. The van der Waals surface area contributed by atoms with Crippen molar-refractivity contribution in [2.45, 2.75) is 63.8 Å². The number of methoxy groups -OCH3 is 2. The lowest BCUT2D eigenvalue weighted by Crippen LogP contribution is -2.40. The molecule has 3 N–H and O–H groups in total. The molecule has 0 radical (unpaired) electrons. The molecular weight excluding hydrogens is 883 g/mol. The van der Waals surface area contributed by atoms with Gasteiger partial charge in [-0.2, -0.15) is 0 Å². The smallest absolute Gasteiger partial charge is 0.238 e. The maximum atomic E-state index is 6.08. The van der Waals surface area contributed by atoms with Crippen molar-refractivity contribution in [1.29, 1.82) is 0 Å². The van der Waals surface area contributed by atoms with Crippen LogP contribution in [0, 0.1) is 25.7 Å². The Balaban J connectivity index is 0.000000150. The van der Waals surface area contributed by atoms with Crippen LogP contribution >= 0.6 is 39.1 Å². The van der Waals surface area contributed by atoms with Crippen molar-refractivity contribution in [2.24, 2.45) is 21.8 Å². The molecule has 2 fully saturated rings. The van der Waals surface area contributed by atoms with Gasteiger partial charge in [-0.05, 0) is 127 Å². The summed E-state index contributed by atoms with van der Waals surface area (Å²) in [5, 5.41) is 1.42. The van der Waals surface area contributed by atoms with Crippen LogP contribution in [-0.4, -0.2) is 67.6 Å². The van der Waals surface area contributed by atoms with Crippen molar-refractivity contribution in [3.63, 3.8) is 0 Å². The predicted molar refractivity (Wildman–Crippen MR) is 237 cm³/mol. The number of aromatic amines is 1. The highest BCUT2D eigenvalue weighted by Gasteiger charge is 2.42. The Hall–Kier alpha value is -5.32. The van der Waals surface area contributed by atoms with Gasteiger partial charge in [0.25, 0.3) is 0 Å². The number of benzene rings is 2. The zero-order valence-corrected chi connectivity index (χ0v) is 37.0. The van der Waals surface area contributed by atoms with E-state index in [1.54, 1.807) is 33.1 Å². The second-order valence-electron chi connectivity index (χ2n) is 15.1. The van der Waals surface area contributed by atoms with E-state index in [0.29, 0.717) is 56.7 Å². The Morgan fingerprint density at radius 1 is 0.705 bits per heavy atom. The molecule has 2 aliphatic heterocycles. The summed E-state index contributed by atoms with van der Waals surface area (Å²) in [7, 11) is 3.19. The van der Waals surface area contributed by atoms with Gasteiger partial charge in [0.05, 0.1) is 37.0 Å². The first-order valence-electron chi connectivity index (χ1n) is 19.9. The highest BCUT2D eigenvalue weighted by molar-refractivity contribution is 9.10. The van der Waals surface area contributed by atoms with Crippen LogP contribution in [-0.2, 0) is 9.68 Å². The molecule has 10 rings (SSSR count). The van der Waals surface area contributed by atoms with Crippen molar-refractivity contribution >= 4 is 50.8 Å². The van der Waals surface area contributed by atoms with E-state index in [0.717, 1.165) is 45.5 Å². The SMILES string of the molecule is COc1nc(C2=N[C@@H](c3ccc(Cl)cc3)[C@@H](C3CC3)ON2)ccc1-n1cnc(C)c1.COc1nc(C2=N[C@@H](c3ccc(Cl)cc3)[C@@H](C3CC3)ON2)ccc1Br.Cc1cnc[nH]1. The first kappa shape index (κ1) is 42.4. The zero-order chi connectivity index (χ0) is 42.5. The maximum Gasteiger partial charge on any atom is 0.238 e. The Labute approximate surface area is 372 Å². The molecule has 0 amide bonds. The van der Waals surface area contributed by atoms with Crippen molar-refractivity contribution in [1.82, 2.24) is 40.4 Å². The van der Waals surface area contributed by atoms with Gasteiger partial charge < -0.3 is 19.0 Å². The molecule has 0 spiro atoms. The van der Waals surface area contributed by atoms with Crippen LogP contribution in [0.5, 0.6) is 11.8 Å². The number of hydroxylamine groups is 2. The number of nitrogens with one attached hydrogen (secondary N) is 3. The summed E-state index contributed by atoms with van der Waals surface area (Å²) in [4.78, 5) is 42.0. The molecule has 14 nitrogen and oxygen atoms in total. The second-order valence-corrected chi connectivity index (χ2v) is 16.8. The minimum atomic E-state index is -0.116. The number of nitrogens with zero attached hydrogens (tertiary/aromatic N) is 7. The number of hydrogen-bond acceptors (Lipinski definition) is 12. The molecule has 0 bridgehead atoms. The normalized spacial score (nSPS) is 20.6. The predicted octanol–water partition coefficient (Wildman–Crippen LogP) is 9.06. The van der Waals surface area contributed by atoms with Crippen LogP contribution in [0.3, 0.4) is 0 Å². The fourth-order valence-corrected chi connectivity index (χ4v) is 7.62. The number of ether oxygens (including phenoxy) is 2. The zero-order valence-electron chi connectivity index (χ0n) is 33.9. The van der Waals surface area contributed by atoms with Crippen molar-refractivity contribution < 1.29 is 19.1 Å². The average molecular weight is 929 g/mol. The van der Waals surface area contributed by atoms with Gasteiger partial charge in [-0.15, -0.1) is 0 Å². The lowest BCUT2D eigenvalue weighted by atomic mass is 9.98. The molecule has 4 atom stereocenters. The number of aryl methyl sites for hydroxylation is 2. The molecule has 61 heavy (non-hydrogen) atoms. The van der Waals surface area contributed by atoms with E-state index in [4.69, 9.17) is 52.3 Å². The van der Waals surface area contributed by atoms with E-state index in [2.05, 4.69) is 51.8 Å². The first-order chi connectivity index (χ1) is 29.7. The third kappa shape index (κ3) is 10.4. The molecule has 4 aromatic heterocycles. The topological polar surface area (TPSA) is 158 Å². The highest BCUT2D eigenvalue weighted by Crippen LogP contribution is 2.44. The number of aliphatic imine (C=N–C) groups is 2. The number of rotatable bonds is 9. The van der Waals surface area contributed by atoms with Crippen molar-refractivity contribution in [3.8, 4) is 17.4 Å². The molecule has 0 saturated heterocycles. The number of imidazole rings is 2. The monoisotopic (exact) mass is 926 g/mol. The quantitative estimate of drug-likeness (QED) is 0.128. The van der Waals surface area contributed by atoms with E-state index in [1.807, 2.05) is 97.4 Å². The summed E-state index contributed by atoms with van der Waals surface area (Å²) >= 11 is 15.5. The number of pyridine rings is 2. The molecule has 2 saturated carbocycles. The van der Waals surface area contributed by atoms with Crippen LogP contribution in [0.15, 0.2) is 112 Å². The molecule has 2 aliphatic carbocycles. The summed E-state index contributed by atoms with van der Waals surface area (Å²) in [6, 6.07) is 23.0. The van der Waals surface area contributed by atoms with Gasteiger partial charge in [0.1, 0.15) is 41.4 Å². The minimum Gasteiger partial charge on any atom is -0.480 e. The van der Waals surface area contributed by atoms with Gasteiger partial charge in [0, 0.05) is 28.1 Å². The van der Waals surface area contributed by atoms with Gasteiger partial charge in [0.15, 0.2) is 11.7 Å². The van der Waals surface area contributed by atoms with Crippen LogP contribution in [0.4, 0.5) is 0 Å². The fourth-order valence-electron chi connectivity index (χ4n) is 6.99. The van der Waals surface area contributed by atoms with Crippen molar-refractivity contribution in [3.05, 3.63) is 146 Å². The summed E-state index contributed by atoms with van der Waals surface area (Å²) in [5.41, 5.74) is 12.3. The summed E-state index contributed by atoms with van der Waals surface area (Å²) < 4.78 is 13.5. The molecule has 0 unspecified atom stereocenters. The second kappa shape index (κ2) is 19.2. The Morgan fingerprint density at radius 3 is 1.66 bits per heavy atom. The lowest BCUT2D eigenvalue weighted by Gasteiger charge is -2.30. The largest absolute Gasteiger partial charge is 0.480 e. The molecule has 4 aliphatic rings. The van der Waals surface area contributed by atoms with E-state index >= 15 is 0 Å². The lowest BCUT2D eigenvalue weighted by molar-refractivity contribution is -0.0293. The Morgan fingerprint density at radius 2 is 1.23 bits per heavy atom. The van der Waals surface area contributed by atoms with Gasteiger partial charge in [-0.1, -0.05) is 47.5 Å². The van der Waals surface area contributed by atoms with E-state index in [9.17, 15) is 0 Å². The molecular formula is C44H45BrCl2N10O4. The molecule has 2 aromatic carbocycles. The van der Waals surface area contributed by atoms with E-state index in [1.165, 1.54) is 12.8 Å². The van der Waals surface area contributed by atoms with Gasteiger partial charge in [-0.25, -0.2) is 30.9 Å². The van der Waals surface area contributed by atoms with Crippen LogP contribution in [0.25, 0.3) is 5.69 Å². The summed E-state index contributed by atoms with van der Waals surface area (Å²) in [6.07, 6.45) is 11.8. The van der Waals surface area contributed by atoms with E-state index in [-0.39, 0.29) is 24.3 Å². The maximum absolute atomic E-state index is 6.08. The summed E-state index contributed by atoms with van der Waals surface area (Å²) in [5.74, 6) is 3.22. The van der Waals surface area contributed by atoms with Gasteiger partial charge in [0.2, 0.25) is 11.8 Å². The number of amidine groups is 2.